The average Bonchev–Trinajstić information content (AvgIpc) is 3.35. The molecule has 9 nitrogen and oxygen atoms in total. The van der Waals surface area contributed by atoms with Gasteiger partial charge in [0, 0.05) is 12.5 Å². The van der Waals surface area contributed by atoms with Crippen LogP contribution in [0.2, 0.25) is 0 Å². The zero-order valence-corrected chi connectivity index (χ0v) is 20.1. The molecule has 0 bridgehead atoms. The van der Waals surface area contributed by atoms with Gasteiger partial charge in [0.2, 0.25) is 15.9 Å². The Morgan fingerprint density at radius 3 is 2.62 bits per heavy atom. The zero-order valence-electron chi connectivity index (χ0n) is 18.5. The Morgan fingerprint density at radius 1 is 1.00 bits per heavy atom. The molecular weight excluding hydrogens is 476 g/mol. The predicted octanol–water partition coefficient (Wildman–Crippen LogP) is 2.73. The Hall–Kier alpha value is -2.76. The third kappa shape index (κ3) is 5.01. The number of carbonyl (C=O) groups is 1. The predicted molar refractivity (Wildman–Crippen MR) is 127 cm³/mol. The van der Waals surface area contributed by atoms with Crippen molar-refractivity contribution in [3.8, 4) is 11.5 Å². The summed E-state index contributed by atoms with van der Waals surface area (Å²) in [6.45, 7) is 1.13. The van der Waals surface area contributed by atoms with Crippen LogP contribution < -0.4 is 19.5 Å². The highest BCUT2D eigenvalue weighted by molar-refractivity contribution is 7.89. The van der Waals surface area contributed by atoms with Gasteiger partial charge < -0.3 is 14.8 Å². The first-order valence-corrected chi connectivity index (χ1v) is 13.6. The van der Waals surface area contributed by atoms with Crippen LogP contribution in [0.4, 0.5) is 0 Å². The van der Waals surface area contributed by atoms with E-state index in [4.69, 9.17) is 9.47 Å². The highest BCUT2D eigenvalue weighted by Crippen LogP contribution is 2.31. The lowest BCUT2D eigenvalue weighted by Crippen LogP contribution is -2.43. The van der Waals surface area contributed by atoms with Gasteiger partial charge in [-0.3, -0.25) is 4.79 Å². The van der Waals surface area contributed by atoms with Gasteiger partial charge in [-0.25, -0.2) is 13.1 Å². The van der Waals surface area contributed by atoms with E-state index in [0.717, 1.165) is 43.2 Å². The molecule has 0 spiro atoms. The van der Waals surface area contributed by atoms with Gasteiger partial charge in [-0.1, -0.05) is 18.2 Å². The van der Waals surface area contributed by atoms with Crippen molar-refractivity contribution in [2.75, 3.05) is 19.7 Å². The molecule has 1 saturated carbocycles. The minimum absolute atomic E-state index is 0.0178. The fourth-order valence-corrected chi connectivity index (χ4v) is 6.34. The van der Waals surface area contributed by atoms with Gasteiger partial charge in [0.1, 0.15) is 28.6 Å². The maximum Gasteiger partial charge on any atom is 0.242 e. The number of carbonyl (C=O) groups excluding carboxylic acids is 1. The molecule has 1 fully saturated rings. The summed E-state index contributed by atoms with van der Waals surface area (Å²) in [5, 5.41) is 2.99. The number of rotatable bonds is 7. The highest BCUT2D eigenvalue weighted by atomic mass is 32.2. The Bertz CT molecular complexity index is 1270. The Balaban J connectivity index is 1.07. The van der Waals surface area contributed by atoms with Crippen LogP contribution in [0.1, 0.15) is 25.7 Å². The molecule has 0 unspecified atom stereocenters. The number of para-hydroxylation sites is 2. The number of aromatic nitrogens is 2. The van der Waals surface area contributed by atoms with Gasteiger partial charge >= 0.3 is 0 Å². The molecule has 0 radical (unpaired) electrons. The van der Waals surface area contributed by atoms with Crippen molar-refractivity contribution in [1.82, 2.24) is 18.8 Å². The number of hydrogen-bond donors (Lipinski definition) is 2. The molecule has 180 valence electrons. The number of nitrogens with one attached hydrogen (secondary N) is 2. The Labute approximate surface area is 202 Å². The summed E-state index contributed by atoms with van der Waals surface area (Å²) < 4.78 is 48.2. The van der Waals surface area contributed by atoms with Crippen LogP contribution in [-0.4, -0.2) is 48.9 Å². The van der Waals surface area contributed by atoms with E-state index in [1.54, 1.807) is 18.2 Å². The largest absolute Gasteiger partial charge is 0.486 e. The third-order valence-electron chi connectivity index (χ3n) is 6.39. The van der Waals surface area contributed by atoms with Gasteiger partial charge in [-0.2, -0.15) is 8.75 Å². The van der Waals surface area contributed by atoms with E-state index >= 15 is 0 Å². The number of fused-ring (bicyclic) bond motifs is 2. The molecule has 0 saturated heterocycles. The molecule has 2 aliphatic rings. The van der Waals surface area contributed by atoms with Crippen molar-refractivity contribution in [3.05, 3.63) is 42.5 Å². The molecule has 1 aliphatic carbocycles. The van der Waals surface area contributed by atoms with Gasteiger partial charge in [-0.15, -0.1) is 0 Å². The van der Waals surface area contributed by atoms with Crippen molar-refractivity contribution in [1.29, 1.82) is 0 Å². The van der Waals surface area contributed by atoms with Crippen molar-refractivity contribution in [2.24, 2.45) is 11.8 Å². The van der Waals surface area contributed by atoms with E-state index in [-0.39, 0.29) is 28.7 Å². The summed E-state index contributed by atoms with van der Waals surface area (Å²) in [4.78, 5) is 12.8. The number of nitrogens with zero attached hydrogens (tertiary/aromatic N) is 2. The number of benzene rings is 2. The second-order valence-electron chi connectivity index (χ2n) is 8.70. The third-order valence-corrected chi connectivity index (χ3v) is 8.39. The highest BCUT2D eigenvalue weighted by Gasteiger charge is 2.29. The average molecular weight is 503 g/mol. The molecule has 1 amide bonds. The van der Waals surface area contributed by atoms with E-state index < -0.39 is 10.0 Å². The van der Waals surface area contributed by atoms with Gasteiger partial charge in [0.15, 0.2) is 11.5 Å². The van der Waals surface area contributed by atoms with Gasteiger partial charge in [0.05, 0.1) is 18.3 Å². The van der Waals surface area contributed by atoms with Crippen LogP contribution in [0.25, 0.3) is 11.0 Å². The molecular formula is C23H26N4O5S2. The van der Waals surface area contributed by atoms with Crippen molar-refractivity contribution in [3.63, 3.8) is 0 Å². The summed E-state index contributed by atoms with van der Waals surface area (Å²) >= 11 is 0.997. The topological polar surface area (TPSA) is 120 Å². The monoisotopic (exact) mass is 502 g/mol. The number of hydrogen-bond acceptors (Lipinski definition) is 8. The zero-order chi connectivity index (χ0) is 23.5. The quantitative estimate of drug-likeness (QED) is 0.510. The van der Waals surface area contributed by atoms with Gasteiger partial charge in [-0.05, 0) is 55.9 Å². The first-order valence-electron chi connectivity index (χ1n) is 11.4. The second kappa shape index (κ2) is 9.85. The van der Waals surface area contributed by atoms with E-state index in [9.17, 15) is 13.2 Å². The number of amides is 1. The number of ether oxygens (including phenoxy) is 2. The normalized spacial score (nSPS) is 22.4. The molecule has 3 aromatic rings. The lowest BCUT2D eigenvalue weighted by molar-refractivity contribution is -0.126. The molecule has 2 heterocycles. The molecule has 11 heteroatoms. The molecule has 5 rings (SSSR count). The first kappa shape index (κ1) is 23.0. The van der Waals surface area contributed by atoms with Crippen molar-refractivity contribution >= 4 is 38.7 Å². The first-order chi connectivity index (χ1) is 16.5. The van der Waals surface area contributed by atoms with E-state index in [0.29, 0.717) is 36.5 Å². The van der Waals surface area contributed by atoms with E-state index in [2.05, 4.69) is 18.8 Å². The summed E-state index contributed by atoms with van der Waals surface area (Å²) in [7, 11) is -3.68. The van der Waals surface area contributed by atoms with Crippen LogP contribution in [0.15, 0.2) is 47.4 Å². The fraction of sp³-hybridized carbons (Fsp3) is 0.435. The minimum atomic E-state index is -3.68. The maximum absolute atomic E-state index is 12.8. The summed E-state index contributed by atoms with van der Waals surface area (Å²) in [6, 6.07) is 12.5. The van der Waals surface area contributed by atoms with Crippen LogP contribution in [0, 0.1) is 11.8 Å². The second-order valence-corrected chi connectivity index (χ2v) is 11.0. The smallest absolute Gasteiger partial charge is 0.242 e. The van der Waals surface area contributed by atoms with Crippen LogP contribution >= 0.6 is 11.7 Å². The summed E-state index contributed by atoms with van der Waals surface area (Å²) in [5.41, 5.74) is 0.977. The molecule has 1 aromatic heterocycles. The van der Waals surface area contributed by atoms with Crippen molar-refractivity contribution < 1.29 is 22.7 Å². The summed E-state index contributed by atoms with van der Waals surface area (Å²) in [5.74, 6) is 1.55. The molecule has 34 heavy (non-hydrogen) atoms. The number of sulfonamides is 1. The Kier molecular flexibility index (Phi) is 6.66. The standard InChI is InChI=1S/C23H26N4O5S2/c28-23(24-13-17-14-31-19-5-1-2-6-20(19)32-17)16-10-8-15(9-11-16)12-25-34(29,30)21-7-3-4-18-22(21)27-33-26-18/h1-7,15-17,25H,8-14H2,(H,24,28)/t15?,16?,17-/m1/s1. The van der Waals surface area contributed by atoms with Crippen LogP contribution in [0.3, 0.4) is 0 Å². The molecule has 2 N–H and O–H groups in total. The maximum atomic E-state index is 12.8. The lowest BCUT2D eigenvalue weighted by atomic mass is 9.81. The molecule has 2 aromatic carbocycles. The lowest BCUT2D eigenvalue weighted by Gasteiger charge is -2.29. The van der Waals surface area contributed by atoms with Crippen molar-refractivity contribution in [2.45, 2.75) is 36.7 Å². The van der Waals surface area contributed by atoms with E-state index in [1.165, 1.54) is 0 Å². The van der Waals surface area contributed by atoms with Crippen LogP contribution in [0.5, 0.6) is 11.5 Å². The fourth-order valence-electron chi connectivity index (χ4n) is 4.45. The van der Waals surface area contributed by atoms with Gasteiger partial charge in [0.25, 0.3) is 0 Å². The van der Waals surface area contributed by atoms with Crippen LogP contribution in [-0.2, 0) is 14.8 Å². The molecule has 1 aliphatic heterocycles. The van der Waals surface area contributed by atoms with E-state index in [1.807, 2.05) is 24.3 Å². The Morgan fingerprint density at radius 2 is 1.79 bits per heavy atom. The minimum Gasteiger partial charge on any atom is -0.486 e. The SMILES string of the molecule is O=C(NC[C@@H]1COc2ccccc2O1)C1CCC(CNS(=O)(=O)c2cccc3nsnc23)CC1. The molecule has 1 atom stereocenters. The summed E-state index contributed by atoms with van der Waals surface area (Å²) in [6.07, 6.45) is 2.82.